The Labute approximate surface area is 192 Å². The highest BCUT2D eigenvalue weighted by Gasteiger charge is 2.56. The molecule has 1 fully saturated rings. The van der Waals surface area contributed by atoms with Crippen LogP contribution in [0.5, 0.6) is 0 Å². The predicted molar refractivity (Wildman–Crippen MR) is 117 cm³/mol. The van der Waals surface area contributed by atoms with E-state index in [1.54, 1.807) is 53.7 Å². The highest BCUT2D eigenvalue weighted by atomic mass is 16.7. The Bertz CT molecular complexity index is 1020. The zero-order valence-corrected chi connectivity index (χ0v) is 19.8. The van der Waals surface area contributed by atoms with E-state index in [2.05, 4.69) is 10.1 Å². The van der Waals surface area contributed by atoms with Crippen molar-refractivity contribution >= 4 is 23.3 Å². The van der Waals surface area contributed by atoms with Gasteiger partial charge < -0.3 is 29.8 Å². The summed E-state index contributed by atoms with van der Waals surface area (Å²) in [5, 5.41) is 15.5. The minimum Gasteiger partial charge on any atom is -0.456 e. The summed E-state index contributed by atoms with van der Waals surface area (Å²) in [7, 11) is 0. The monoisotopic (exact) mass is 464 g/mol. The smallest absolute Gasteiger partial charge is 0.313 e. The van der Waals surface area contributed by atoms with E-state index in [0.717, 1.165) is 0 Å². The number of ether oxygens (including phenoxy) is 4. The molecule has 3 heterocycles. The molecule has 0 aromatic carbocycles. The molecule has 0 bridgehead atoms. The molecule has 3 rings (SSSR count). The van der Waals surface area contributed by atoms with Gasteiger partial charge in [-0.25, -0.2) is 9.50 Å². The number of esters is 2. The van der Waals surface area contributed by atoms with E-state index < -0.39 is 47.2 Å². The molecule has 11 heteroatoms. The van der Waals surface area contributed by atoms with E-state index in [-0.39, 0.29) is 19.2 Å². The van der Waals surface area contributed by atoms with E-state index in [1.807, 2.05) is 0 Å². The molecule has 4 atom stereocenters. The van der Waals surface area contributed by atoms with Crippen LogP contribution < -0.4 is 5.73 Å². The van der Waals surface area contributed by atoms with Crippen molar-refractivity contribution in [3.63, 3.8) is 0 Å². The van der Waals surface area contributed by atoms with Gasteiger partial charge in [0.1, 0.15) is 29.7 Å². The lowest BCUT2D eigenvalue weighted by Crippen LogP contribution is -2.42. The maximum atomic E-state index is 12.3. The number of carbonyl (C=O) groups is 2. The minimum absolute atomic E-state index is 0.0828. The minimum atomic E-state index is -1.30. The molecule has 11 nitrogen and oxygen atoms in total. The molecule has 0 amide bonds. The van der Waals surface area contributed by atoms with Gasteiger partial charge in [-0.1, -0.05) is 13.8 Å². The number of rotatable bonds is 7. The molecular formula is C22H32N4O7. The maximum absolute atomic E-state index is 12.3. The second kappa shape index (κ2) is 9.24. The molecule has 0 radical (unpaired) electrons. The van der Waals surface area contributed by atoms with Gasteiger partial charge in [-0.3, -0.25) is 9.59 Å². The third-order valence-electron chi connectivity index (χ3n) is 5.52. The van der Waals surface area contributed by atoms with Gasteiger partial charge in [0.15, 0.2) is 18.7 Å². The Morgan fingerprint density at radius 1 is 1.33 bits per heavy atom. The van der Waals surface area contributed by atoms with Crippen molar-refractivity contribution in [3.8, 4) is 0 Å². The van der Waals surface area contributed by atoms with Gasteiger partial charge in [0.2, 0.25) is 0 Å². The number of hydrogen-bond acceptors (Lipinski definition) is 10. The van der Waals surface area contributed by atoms with Crippen molar-refractivity contribution in [1.82, 2.24) is 14.6 Å². The van der Waals surface area contributed by atoms with E-state index >= 15 is 0 Å². The third kappa shape index (κ3) is 4.94. The first-order valence-electron chi connectivity index (χ1n) is 10.8. The van der Waals surface area contributed by atoms with Crippen LogP contribution >= 0.6 is 0 Å². The van der Waals surface area contributed by atoms with Gasteiger partial charge in [-0.2, -0.15) is 5.10 Å². The van der Waals surface area contributed by atoms with Crippen LogP contribution in [0.1, 0.15) is 47.2 Å². The number of hydrogen-bond donors (Lipinski definition) is 2. The van der Waals surface area contributed by atoms with Gasteiger partial charge in [-0.05, 0) is 39.8 Å². The Morgan fingerprint density at radius 2 is 2.03 bits per heavy atom. The number of carbonyl (C=O) groups excluding carboxylic acids is 2. The first-order chi connectivity index (χ1) is 15.4. The zero-order chi connectivity index (χ0) is 24.6. The molecule has 0 spiro atoms. The maximum Gasteiger partial charge on any atom is 0.313 e. The molecule has 182 valence electrons. The fourth-order valence-corrected chi connectivity index (χ4v) is 3.52. The molecule has 33 heavy (non-hydrogen) atoms. The van der Waals surface area contributed by atoms with Crippen LogP contribution in [0.3, 0.4) is 0 Å². The lowest BCUT2D eigenvalue weighted by atomic mass is 9.93. The average Bonchev–Trinajstić information content (AvgIpc) is 3.27. The quantitative estimate of drug-likeness (QED) is 0.350. The van der Waals surface area contributed by atoms with Gasteiger partial charge in [0.25, 0.3) is 0 Å². The second-order valence-electron chi connectivity index (χ2n) is 9.60. The summed E-state index contributed by atoms with van der Waals surface area (Å²) < 4.78 is 23.9. The normalized spacial score (nSPS) is 25.5. The summed E-state index contributed by atoms with van der Waals surface area (Å²) in [5.74, 6) is -1.03. The van der Waals surface area contributed by atoms with Gasteiger partial charge >= 0.3 is 11.9 Å². The Kier molecular flexibility index (Phi) is 6.96. The molecule has 0 aliphatic carbocycles. The summed E-state index contributed by atoms with van der Waals surface area (Å²) in [4.78, 5) is 28.2. The molecule has 1 saturated heterocycles. The van der Waals surface area contributed by atoms with Gasteiger partial charge in [0, 0.05) is 0 Å². The van der Waals surface area contributed by atoms with E-state index in [1.165, 1.54) is 10.8 Å². The molecule has 1 aliphatic rings. The molecule has 0 saturated carbocycles. The molecule has 1 aliphatic heterocycles. The second-order valence-corrected chi connectivity index (χ2v) is 9.60. The lowest BCUT2D eigenvalue weighted by Gasteiger charge is -2.27. The summed E-state index contributed by atoms with van der Waals surface area (Å²) in [6.45, 7) is 9.88. The molecule has 2 aromatic heterocycles. The molecular weight excluding hydrogens is 432 g/mol. The van der Waals surface area contributed by atoms with Crippen LogP contribution in [0.4, 0.5) is 5.82 Å². The Hall–Kier alpha value is -2.76. The van der Waals surface area contributed by atoms with Crippen molar-refractivity contribution < 1.29 is 33.6 Å². The molecule has 3 N–H and O–H groups in total. The molecule has 2 aromatic rings. The fourth-order valence-electron chi connectivity index (χ4n) is 3.52. The summed E-state index contributed by atoms with van der Waals surface area (Å²) in [5.41, 5.74) is 5.02. The fraction of sp³-hybridized carbons (Fsp3) is 0.636. The van der Waals surface area contributed by atoms with Crippen LogP contribution in [0, 0.1) is 11.3 Å². The average molecular weight is 465 g/mol. The van der Waals surface area contributed by atoms with Crippen LogP contribution in [-0.2, 0) is 34.1 Å². The van der Waals surface area contributed by atoms with E-state index in [0.29, 0.717) is 11.2 Å². The number of nitrogen functional groups attached to an aromatic ring is 1. The van der Waals surface area contributed by atoms with E-state index in [9.17, 15) is 14.7 Å². The number of nitrogens with zero attached hydrogens (tertiary/aromatic N) is 3. The summed E-state index contributed by atoms with van der Waals surface area (Å²) in [6, 6.07) is 3.44. The third-order valence-corrected chi connectivity index (χ3v) is 5.52. The van der Waals surface area contributed by atoms with Crippen molar-refractivity contribution in [1.29, 1.82) is 0 Å². The SMILES string of the molecule is CC(C)C(=O)O[C@H]1[C@@H](O)[C@](C)(c2ccc3c(N)ncnn23)O[C@@H]1COCOC(=O)C(C)(C)C. The van der Waals surface area contributed by atoms with E-state index in [4.69, 9.17) is 24.7 Å². The number of nitrogens with two attached hydrogens (primary N) is 1. The number of fused-ring (bicyclic) bond motifs is 1. The summed E-state index contributed by atoms with van der Waals surface area (Å²) in [6.07, 6.45) is -1.78. The zero-order valence-electron chi connectivity index (χ0n) is 19.8. The standard InChI is InChI=1S/C22H32N4O7/c1-12(2)19(28)32-16-14(9-30-11-31-20(29)21(3,4)5)33-22(6,17(16)27)15-8-7-13-18(23)24-10-25-26(13)15/h7-8,10,12,14,16-17,27H,9,11H2,1-6H3,(H2,23,24,25)/t14-,16-,17-,22+/m1/s1. The van der Waals surface area contributed by atoms with Crippen LogP contribution in [0.15, 0.2) is 18.5 Å². The largest absolute Gasteiger partial charge is 0.456 e. The predicted octanol–water partition coefficient (Wildman–Crippen LogP) is 1.42. The topological polar surface area (TPSA) is 148 Å². The Balaban J connectivity index is 1.82. The van der Waals surface area contributed by atoms with Crippen LogP contribution in [0.25, 0.3) is 5.52 Å². The number of aliphatic hydroxyl groups is 1. The van der Waals surface area contributed by atoms with Crippen molar-refractivity contribution in [2.75, 3.05) is 19.1 Å². The molecule has 0 unspecified atom stereocenters. The van der Waals surface area contributed by atoms with Crippen LogP contribution in [-0.4, -0.2) is 63.4 Å². The number of aliphatic hydroxyl groups excluding tert-OH is 1. The Morgan fingerprint density at radius 3 is 2.67 bits per heavy atom. The lowest BCUT2D eigenvalue weighted by molar-refractivity contribution is -0.173. The van der Waals surface area contributed by atoms with Crippen molar-refractivity contribution in [2.45, 2.75) is 65.5 Å². The van der Waals surface area contributed by atoms with Crippen molar-refractivity contribution in [3.05, 3.63) is 24.2 Å². The number of aromatic nitrogens is 3. The highest BCUT2D eigenvalue weighted by molar-refractivity contribution is 5.75. The van der Waals surface area contributed by atoms with Gasteiger partial charge in [0.05, 0.1) is 23.6 Å². The first kappa shape index (κ1) is 24.9. The summed E-state index contributed by atoms with van der Waals surface area (Å²) >= 11 is 0. The first-order valence-corrected chi connectivity index (χ1v) is 10.8. The van der Waals surface area contributed by atoms with Crippen molar-refractivity contribution in [2.24, 2.45) is 11.3 Å². The highest BCUT2D eigenvalue weighted by Crippen LogP contribution is 2.42. The number of anilines is 1. The van der Waals surface area contributed by atoms with Crippen LogP contribution in [0.2, 0.25) is 0 Å². The van der Waals surface area contributed by atoms with Gasteiger partial charge in [-0.15, -0.1) is 0 Å².